The first kappa shape index (κ1) is 18.0. The molecule has 0 aliphatic heterocycles. The Bertz CT molecular complexity index is 715. The summed E-state index contributed by atoms with van der Waals surface area (Å²) in [6, 6.07) is 0. The zero-order chi connectivity index (χ0) is 18.9. The fourth-order valence-corrected chi connectivity index (χ4v) is 7.11. The van der Waals surface area contributed by atoms with Gasteiger partial charge < -0.3 is 4.74 Å². The number of hydrogen-bond donors (Lipinski definition) is 0. The monoisotopic (exact) mass is 356 g/mol. The van der Waals surface area contributed by atoms with Gasteiger partial charge in [0.15, 0.2) is 5.78 Å². The van der Waals surface area contributed by atoms with Gasteiger partial charge in [-0.25, -0.2) is 0 Å². The molecule has 0 saturated heterocycles. The molecule has 3 heteroatoms. The average Bonchev–Trinajstić information content (AvgIpc) is 2.88. The highest BCUT2D eigenvalue weighted by molar-refractivity contribution is 5.98. The molecule has 0 aromatic rings. The zero-order valence-corrected chi connectivity index (χ0v) is 16.8. The van der Waals surface area contributed by atoms with Crippen LogP contribution in [0.5, 0.6) is 0 Å². The van der Waals surface area contributed by atoms with Crippen molar-refractivity contribution in [1.29, 1.82) is 0 Å². The summed E-state index contributed by atoms with van der Waals surface area (Å²) in [6.45, 7) is 10.4. The van der Waals surface area contributed by atoms with Gasteiger partial charge in [0.2, 0.25) is 0 Å². The van der Waals surface area contributed by atoms with Crippen LogP contribution >= 0.6 is 0 Å². The van der Waals surface area contributed by atoms with E-state index in [9.17, 15) is 9.59 Å². The van der Waals surface area contributed by atoms with Crippen molar-refractivity contribution in [3.8, 4) is 0 Å². The molecular weight excluding hydrogens is 324 g/mol. The summed E-state index contributed by atoms with van der Waals surface area (Å²) < 4.78 is 5.73. The number of fused-ring (bicyclic) bond motifs is 5. The average molecular weight is 357 g/mol. The van der Waals surface area contributed by atoms with Crippen molar-refractivity contribution in [2.45, 2.75) is 72.8 Å². The Balaban J connectivity index is 1.69. The Morgan fingerprint density at radius 2 is 1.85 bits per heavy atom. The third-order valence-electron chi connectivity index (χ3n) is 8.47. The number of ketones is 1. The lowest BCUT2D eigenvalue weighted by Crippen LogP contribution is -2.52. The van der Waals surface area contributed by atoms with E-state index in [0.29, 0.717) is 17.8 Å². The van der Waals surface area contributed by atoms with E-state index in [1.54, 1.807) is 0 Å². The lowest BCUT2D eigenvalue weighted by Gasteiger charge is -2.58. The Kier molecular flexibility index (Phi) is 3.85. The van der Waals surface area contributed by atoms with Gasteiger partial charge >= 0.3 is 5.97 Å². The molecule has 0 spiro atoms. The summed E-state index contributed by atoms with van der Waals surface area (Å²) in [5, 5.41) is 0. The van der Waals surface area contributed by atoms with E-state index >= 15 is 0 Å². The SMILES string of the molecule is CC(=O)O[C@H]1CC[C@@H]2[C@@H]3CC=C4C(C)(C)C(=O)C=C[C@]4(C)[C@H]3CC[C@@]12C. The quantitative estimate of drug-likeness (QED) is 0.498. The van der Waals surface area contributed by atoms with Gasteiger partial charge in [-0.15, -0.1) is 0 Å². The van der Waals surface area contributed by atoms with Crippen LogP contribution in [0.3, 0.4) is 0 Å². The predicted molar refractivity (Wildman–Crippen MR) is 101 cm³/mol. The predicted octanol–water partition coefficient (Wildman–Crippen LogP) is 4.86. The van der Waals surface area contributed by atoms with Crippen molar-refractivity contribution in [2.75, 3.05) is 0 Å². The number of carbonyl (C=O) groups is 2. The topological polar surface area (TPSA) is 43.4 Å². The summed E-state index contributed by atoms with van der Waals surface area (Å²) in [7, 11) is 0. The first-order chi connectivity index (χ1) is 12.1. The molecule has 0 heterocycles. The molecule has 6 atom stereocenters. The van der Waals surface area contributed by atoms with Crippen LogP contribution in [-0.2, 0) is 14.3 Å². The second kappa shape index (κ2) is 5.56. The van der Waals surface area contributed by atoms with Crippen LogP contribution in [0.15, 0.2) is 23.8 Å². The lowest BCUT2D eigenvalue weighted by atomic mass is 9.46. The van der Waals surface area contributed by atoms with Gasteiger partial charge in [0.25, 0.3) is 0 Å². The molecule has 0 radical (unpaired) electrons. The van der Waals surface area contributed by atoms with E-state index in [2.05, 4.69) is 39.8 Å². The highest BCUT2D eigenvalue weighted by atomic mass is 16.5. The van der Waals surface area contributed by atoms with Crippen molar-refractivity contribution < 1.29 is 14.3 Å². The minimum Gasteiger partial charge on any atom is -0.462 e. The molecule has 2 saturated carbocycles. The Morgan fingerprint density at radius 1 is 1.12 bits per heavy atom. The third-order valence-corrected chi connectivity index (χ3v) is 8.47. The van der Waals surface area contributed by atoms with Crippen LogP contribution in [0.1, 0.15) is 66.7 Å². The number of carbonyl (C=O) groups excluding carboxylic acids is 2. The second-order valence-corrected chi connectivity index (χ2v) is 10.1. The Morgan fingerprint density at radius 3 is 2.54 bits per heavy atom. The smallest absolute Gasteiger partial charge is 0.302 e. The van der Waals surface area contributed by atoms with Gasteiger partial charge in [0.1, 0.15) is 6.10 Å². The van der Waals surface area contributed by atoms with E-state index in [0.717, 1.165) is 32.1 Å². The van der Waals surface area contributed by atoms with Gasteiger partial charge in [0, 0.05) is 23.2 Å². The maximum atomic E-state index is 12.5. The highest BCUT2D eigenvalue weighted by Crippen LogP contribution is 2.65. The molecule has 0 bridgehead atoms. The molecule has 4 aliphatic rings. The summed E-state index contributed by atoms with van der Waals surface area (Å²) in [5.41, 5.74) is 1.04. The number of rotatable bonds is 1. The molecule has 142 valence electrons. The molecule has 0 N–H and O–H groups in total. The molecule has 2 fully saturated rings. The highest BCUT2D eigenvalue weighted by Gasteiger charge is 2.60. The van der Waals surface area contributed by atoms with E-state index in [4.69, 9.17) is 4.74 Å². The standard InChI is InChI=1S/C23H32O3/c1-14(24)26-20-9-7-16-15-6-8-18-21(2,3)19(25)11-13-22(18,4)17(15)10-12-23(16,20)5/h8,11,13,15-17,20H,6-7,9-10,12H2,1-5H3/t15-,16+,17-,20-,22+,23+/m0/s1. The largest absolute Gasteiger partial charge is 0.462 e. The summed E-state index contributed by atoms with van der Waals surface area (Å²) in [4.78, 5) is 24.0. The number of ether oxygens (including phenoxy) is 1. The molecule has 0 unspecified atom stereocenters. The van der Waals surface area contributed by atoms with Crippen molar-refractivity contribution >= 4 is 11.8 Å². The molecular formula is C23H32O3. The molecule has 4 aliphatic carbocycles. The van der Waals surface area contributed by atoms with Crippen LogP contribution in [-0.4, -0.2) is 17.9 Å². The maximum absolute atomic E-state index is 12.5. The van der Waals surface area contributed by atoms with E-state index in [1.807, 2.05) is 6.08 Å². The molecule has 0 amide bonds. The van der Waals surface area contributed by atoms with Crippen LogP contribution in [0.2, 0.25) is 0 Å². The second-order valence-electron chi connectivity index (χ2n) is 10.1. The molecule has 0 aromatic carbocycles. The van der Waals surface area contributed by atoms with Gasteiger partial charge in [-0.3, -0.25) is 9.59 Å². The molecule has 0 aromatic heterocycles. The van der Waals surface area contributed by atoms with E-state index < -0.39 is 0 Å². The summed E-state index contributed by atoms with van der Waals surface area (Å²) >= 11 is 0. The fourth-order valence-electron chi connectivity index (χ4n) is 7.11. The fraction of sp³-hybridized carbons (Fsp3) is 0.739. The van der Waals surface area contributed by atoms with E-state index in [-0.39, 0.29) is 34.1 Å². The Hall–Kier alpha value is -1.38. The van der Waals surface area contributed by atoms with Gasteiger partial charge in [-0.2, -0.15) is 0 Å². The lowest BCUT2D eigenvalue weighted by molar-refractivity contribution is -0.156. The first-order valence-electron chi connectivity index (χ1n) is 10.2. The molecule has 26 heavy (non-hydrogen) atoms. The van der Waals surface area contributed by atoms with Crippen LogP contribution in [0.4, 0.5) is 0 Å². The normalized spacial score (nSPS) is 46.0. The van der Waals surface area contributed by atoms with Crippen LogP contribution < -0.4 is 0 Å². The van der Waals surface area contributed by atoms with Gasteiger partial charge in [0.05, 0.1) is 0 Å². The maximum Gasteiger partial charge on any atom is 0.302 e. The van der Waals surface area contributed by atoms with Crippen LogP contribution in [0, 0.1) is 34.0 Å². The number of esters is 1. The van der Waals surface area contributed by atoms with E-state index in [1.165, 1.54) is 12.5 Å². The van der Waals surface area contributed by atoms with Crippen molar-refractivity contribution in [3.05, 3.63) is 23.8 Å². The van der Waals surface area contributed by atoms with Gasteiger partial charge in [-0.1, -0.05) is 31.6 Å². The Labute approximate surface area is 157 Å². The number of hydrogen-bond acceptors (Lipinski definition) is 3. The molecule has 3 nitrogen and oxygen atoms in total. The van der Waals surface area contributed by atoms with Gasteiger partial charge in [-0.05, 0) is 69.8 Å². The zero-order valence-electron chi connectivity index (χ0n) is 16.8. The van der Waals surface area contributed by atoms with Crippen molar-refractivity contribution in [3.63, 3.8) is 0 Å². The minimum atomic E-state index is -0.384. The summed E-state index contributed by atoms with van der Waals surface area (Å²) in [5.74, 6) is 1.90. The van der Waals surface area contributed by atoms with Crippen molar-refractivity contribution in [1.82, 2.24) is 0 Å². The minimum absolute atomic E-state index is 0.0127. The van der Waals surface area contributed by atoms with Crippen molar-refractivity contribution in [2.24, 2.45) is 34.0 Å². The number of allylic oxidation sites excluding steroid dienone is 4. The summed E-state index contributed by atoms with van der Waals surface area (Å²) in [6.07, 6.45) is 12.0. The first-order valence-corrected chi connectivity index (χ1v) is 10.2. The molecule has 4 rings (SSSR count). The third kappa shape index (κ3) is 2.25. The van der Waals surface area contributed by atoms with Crippen LogP contribution in [0.25, 0.3) is 0 Å².